The molecule has 0 saturated carbocycles. The Morgan fingerprint density at radius 3 is 2.00 bits per heavy atom. The molecule has 68 valence electrons. The van der Waals surface area contributed by atoms with Crippen molar-refractivity contribution in [2.45, 2.75) is 26.3 Å². The first-order valence-electron chi connectivity index (χ1n) is 3.44. The summed E-state index contributed by atoms with van der Waals surface area (Å²) < 4.78 is 4.99. The maximum Gasteiger partial charge on any atom is 0.143 e. The summed E-state index contributed by atoms with van der Waals surface area (Å²) >= 11 is 9.10. The lowest BCUT2D eigenvalue weighted by molar-refractivity contribution is 0.346. The van der Waals surface area contributed by atoms with Gasteiger partial charge in [0.15, 0.2) is 0 Å². The zero-order chi connectivity index (χ0) is 9.52. The lowest BCUT2D eigenvalue weighted by Gasteiger charge is -2.20. The molecule has 1 heterocycles. The number of hydrogen-bond donors (Lipinski definition) is 0. The molecule has 2 nitrogen and oxygen atoms in total. The Hall–Kier alpha value is 0.900. The normalized spacial score (nSPS) is 12.2. The average Bonchev–Trinajstić information content (AvgIpc) is 2.15. The van der Waals surface area contributed by atoms with E-state index in [1.165, 1.54) is 0 Å². The van der Waals surface area contributed by atoms with E-state index in [1.54, 1.807) is 0 Å². The van der Waals surface area contributed by atoms with E-state index in [-0.39, 0.29) is 5.54 Å². The van der Waals surface area contributed by atoms with E-state index < -0.39 is 0 Å². The van der Waals surface area contributed by atoms with Crippen molar-refractivity contribution in [3.8, 4) is 0 Å². The topological polar surface area (TPSA) is 17.8 Å². The molecule has 0 fully saturated rings. The second kappa shape index (κ2) is 3.57. The van der Waals surface area contributed by atoms with Gasteiger partial charge in [0, 0.05) is 0 Å². The average molecular weight is 408 g/mol. The molecule has 0 radical (unpaired) electrons. The standard InChI is InChI=1S/C7H9Br2IN2/c1-7(2,3)12-6(10)4(8)5(9)11-12/h1-3H3. The van der Waals surface area contributed by atoms with Gasteiger partial charge in [0.1, 0.15) is 8.30 Å². The lowest BCUT2D eigenvalue weighted by atomic mass is 10.1. The van der Waals surface area contributed by atoms with Gasteiger partial charge >= 0.3 is 0 Å². The molecule has 0 N–H and O–H groups in total. The molecule has 0 bridgehead atoms. The summed E-state index contributed by atoms with van der Waals surface area (Å²) in [5.74, 6) is 0. The molecule has 1 rings (SSSR count). The third-order valence-corrected chi connectivity index (χ3v) is 4.95. The van der Waals surface area contributed by atoms with Crippen LogP contribution < -0.4 is 0 Å². The Morgan fingerprint density at radius 2 is 1.83 bits per heavy atom. The minimum atomic E-state index is 0.0328. The van der Waals surface area contributed by atoms with Gasteiger partial charge in [-0.1, -0.05) is 0 Å². The molecule has 5 heteroatoms. The molecule has 0 aliphatic carbocycles. The molecular weight excluding hydrogens is 399 g/mol. The summed E-state index contributed by atoms with van der Waals surface area (Å²) in [5.41, 5.74) is 0.0328. The monoisotopic (exact) mass is 406 g/mol. The highest BCUT2D eigenvalue weighted by Crippen LogP contribution is 2.30. The smallest absolute Gasteiger partial charge is 0.143 e. The Balaban J connectivity index is 3.28. The van der Waals surface area contributed by atoms with Crippen molar-refractivity contribution in [3.63, 3.8) is 0 Å². The molecule has 0 atom stereocenters. The lowest BCUT2D eigenvalue weighted by Crippen LogP contribution is -2.24. The van der Waals surface area contributed by atoms with Gasteiger partial charge < -0.3 is 0 Å². The van der Waals surface area contributed by atoms with Gasteiger partial charge in [0.05, 0.1) is 10.0 Å². The van der Waals surface area contributed by atoms with Crippen LogP contribution in [-0.2, 0) is 5.54 Å². The van der Waals surface area contributed by atoms with E-state index in [1.807, 2.05) is 4.68 Å². The van der Waals surface area contributed by atoms with Gasteiger partial charge in [-0.05, 0) is 75.2 Å². The van der Waals surface area contributed by atoms with Crippen molar-refractivity contribution in [1.29, 1.82) is 0 Å². The highest BCUT2D eigenvalue weighted by Gasteiger charge is 2.20. The highest BCUT2D eigenvalue weighted by atomic mass is 127. The first kappa shape index (κ1) is 11.0. The van der Waals surface area contributed by atoms with Crippen LogP contribution in [0.5, 0.6) is 0 Å². The number of rotatable bonds is 0. The second-order valence-electron chi connectivity index (χ2n) is 3.48. The van der Waals surface area contributed by atoms with Gasteiger partial charge in [-0.2, -0.15) is 5.10 Å². The van der Waals surface area contributed by atoms with Crippen LogP contribution in [0.15, 0.2) is 9.08 Å². The molecular formula is C7H9Br2IN2. The zero-order valence-electron chi connectivity index (χ0n) is 7.03. The van der Waals surface area contributed by atoms with Crippen molar-refractivity contribution in [2.75, 3.05) is 0 Å². The molecule has 1 aromatic heterocycles. The fraction of sp³-hybridized carbons (Fsp3) is 0.571. The first-order valence-corrected chi connectivity index (χ1v) is 6.10. The molecule has 0 saturated heterocycles. The van der Waals surface area contributed by atoms with Gasteiger partial charge in [0.2, 0.25) is 0 Å². The maximum atomic E-state index is 4.36. The predicted molar refractivity (Wildman–Crippen MR) is 65.3 cm³/mol. The quantitative estimate of drug-likeness (QED) is 0.599. The summed E-state index contributed by atoms with van der Waals surface area (Å²) in [6, 6.07) is 0. The zero-order valence-corrected chi connectivity index (χ0v) is 12.4. The van der Waals surface area contributed by atoms with Crippen LogP contribution in [0.25, 0.3) is 0 Å². The van der Waals surface area contributed by atoms with Crippen LogP contribution in [0.3, 0.4) is 0 Å². The first-order chi connectivity index (χ1) is 5.34. The number of halogens is 3. The maximum absolute atomic E-state index is 4.36. The molecule has 1 aromatic rings. The molecule has 0 aliphatic rings. The third kappa shape index (κ3) is 2.04. The van der Waals surface area contributed by atoms with E-state index in [4.69, 9.17) is 0 Å². The van der Waals surface area contributed by atoms with Crippen LogP contribution in [0.1, 0.15) is 20.8 Å². The van der Waals surface area contributed by atoms with Crippen LogP contribution in [0, 0.1) is 3.70 Å². The van der Waals surface area contributed by atoms with Gasteiger partial charge in [-0.15, -0.1) is 0 Å². The Labute approximate surface area is 102 Å². The van der Waals surface area contributed by atoms with Crippen LogP contribution in [-0.4, -0.2) is 9.78 Å². The Morgan fingerprint density at radius 1 is 1.33 bits per heavy atom. The Bertz CT molecular complexity index is 301. The molecule has 0 unspecified atom stereocenters. The summed E-state index contributed by atoms with van der Waals surface area (Å²) in [7, 11) is 0. The summed E-state index contributed by atoms with van der Waals surface area (Å²) in [4.78, 5) is 0. The van der Waals surface area contributed by atoms with E-state index in [0.717, 1.165) is 12.8 Å². The summed E-state index contributed by atoms with van der Waals surface area (Å²) in [6.07, 6.45) is 0. The van der Waals surface area contributed by atoms with E-state index in [0.29, 0.717) is 0 Å². The van der Waals surface area contributed by atoms with Crippen molar-refractivity contribution in [1.82, 2.24) is 9.78 Å². The third-order valence-electron chi connectivity index (χ3n) is 1.37. The highest BCUT2D eigenvalue weighted by molar-refractivity contribution is 14.1. The van der Waals surface area contributed by atoms with E-state index in [2.05, 4.69) is 80.3 Å². The SMILES string of the molecule is CC(C)(C)n1nc(Br)c(Br)c1I. The summed E-state index contributed by atoms with van der Waals surface area (Å²) in [5, 5.41) is 4.36. The molecule has 0 aromatic carbocycles. The minimum Gasteiger partial charge on any atom is -0.252 e. The number of nitrogens with zero attached hydrogens (tertiary/aromatic N) is 2. The van der Waals surface area contributed by atoms with Crippen molar-refractivity contribution in [3.05, 3.63) is 12.8 Å². The molecule has 0 spiro atoms. The minimum absolute atomic E-state index is 0.0328. The fourth-order valence-electron chi connectivity index (χ4n) is 0.798. The van der Waals surface area contributed by atoms with Crippen molar-refractivity contribution >= 4 is 54.5 Å². The van der Waals surface area contributed by atoms with Crippen LogP contribution in [0.2, 0.25) is 0 Å². The van der Waals surface area contributed by atoms with Crippen molar-refractivity contribution < 1.29 is 0 Å². The fourth-order valence-corrected chi connectivity index (χ4v) is 2.85. The van der Waals surface area contributed by atoms with Crippen LogP contribution >= 0.6 is 54.5 Å². The molecule has 0 amide bonds. The number of hydrogen-bond acceptors (Lipinski definition) is 1. The van der Waals surface area contributed by atoms with Gasteiger partial charge in [-0.25, -0.2) is 0 Å². The largest absolute Gasteiger partial charge is 0.252 e. The van der Waals surface area contributed by atoms with Gasteiger partial charge in [0.25, 0.3) is 0 Å². The Kier molecular flexibility index (Phi) is 3.27. The number of aromatic nitrogens is 2. The van der Waals surface area contributed by atoms with E-state index >= 15 is 0 Å². The molecule has 12 heavy (non-hydrogen) atoms. The second-order valence-corrected chi connectivity index (χ2v) is 6.04. The predicted octanol–water partition coefficient (Wildman–Crippen LogP) is 3.77. The van der Waals surface area contributed by atoms with Gasteiger partial charge in [-0.3, -0.25) is 4.68 Å². The summed E-state index contributed by atoms with van der Waals surface area (Å²) in [6.45, 7) is 6.38. The van der Waals surface area contributed by atoms with Crippen LogP contribution in [0.4, 0.5) is 0 Å². The van der Waals surface area contributed by atoms with E-state index in [9.17, 15) is 0 Å². The molecule has 0 aliphatic heterocycles. The van der Waals surface area contributed by atoms with Crippen molar-refractivity contribution in [2.24, 2.45) is 0 Å².